The summed E-state index contributed by atoms with van der Waals surface area (Å²) in [6.07, 6.45) is 7.06. The first-order valence-corrected chi connectivity index (χ1v) is 3.70. The second kappa shape index (κ2) is 12.4. The maximum atomic E-state index is 2.40. The largest absolute Gasteiger partial charge is 4.00 e. The van der Waals surface area contributed by atoms with Crippen LogP contribution in [0, 0.1) is 22.3 Å². The molecule has 0 saturated heterocycles. The Hall–Kier alpha value is 0.388. The molecule has 0 saturated carbocycles. The zero-order chi connectivity index (χ0) is 6.69. The summed E-state index contributed by atoms with van der Waals surface area (Å²) in [5.41, 5.74) is 0. The Morgan fingerprint density at radius 2 is 1.54 bits per heavy atom. The molecule has 0 heterocycles. The van der Waals surface area contributed by atoms with Crippen LogP contribution in [0.15, 0.2) is 12.2 Å². The number of nitrogens with zero attached hydrogens (tertiary/aromatic N) is 1. The van der Waals surface area contributed by atoms with Gasteiger partial charge in [0.15, 0.2) is 0 Å². The van der Waals surface area contributed by atoms with Crippen molar-refractivity contribution in [3.8, 4) is 0 Å². The van der Waals surface area contributed by atoms with Gasteiger partial charge in [-0.1, -0.05) is 19.1 Å². The van der Waals surface area contributed by atoms with Crippen LogP contribution in [-0.2, 0) is 21.1 Å². The minimum Gasteiger partial charge on any atom is -0.358 e. The van der Waals surface area contributed by atoms with Gasteiger partial charge in [-0.15, -0.1) is 0 Å². The molecule has 13 heavy (non-hydrogen) atoms. The van der Waals surface area contributed by atoms with E-state index in [9.17, 15) is 0 Å². The van der Waals surface area contributed by atoms with Gasteiger partial charge in [-0.25, -0.2) is 0 Å². The molecule has 0 amide bonds. The summed E-state index contributed by atoms with van der Waals surface area (Å²) >= 11 is 0. The van der Waals surface area contributed by atoms with Gasteiger partial charge < -0.3 is 27.2 Å². The summed E-state index contributed by atoms with van der Waals surface area (Å²) in [6, 6.07) is 0.801. The number of hydrogen-bond donors (Lipinski definition) is 0. The molecular weight excluding hydrogens is 341 g/mol. The van der Waals surface area contributed by atoms with E-state index in [0.717, 1.165) is 6.04 Å². The van der Waals surface area contributed by atoms with Gasteiger partial charge in [-0.3, -0.25) is 0 Å². The average molecular weight is 365 g/mol. The van der Waals surface area contributed by atoms with Crippen molar-refractivity contribution in [3.63, 3.8) is 0 Å². The minimum atomic E-state index is 0. The van der Waals surface area contributed by atoms with Crippen molar-refractivity contribution in [1.29, 1.82) is 0 Å². The van der Waals surface area contributed by atoms with Crippen LogP contribution in [0.5, 0.6) is 0 Å². The van der Waals surface area contributed by atoms with Gasteiger partial charge >= 0.3 is 21.1 Å². The van der Waals surface area contributed by atoms with Gasteiger partial charge in [0.25, 0.3) is 0 Å². The van der Waals surface area contributed by atoms with E-state index in [1.807, 2.05) is 0 Å². The molecular formula is C11H24NPt+. The number of rotatable bonds is 2. The molecule has 0 fully saturated rings. The van der Waals surface area contributed by atoms with E-state index in [1.54, 1.807) is 0 Å². The SMILES string of the molecule is CCN(C)C1CC=CC1.[CH3-].[CH3-].[CH3-].[Pt+4]. The van der Waals surface area contributed by atoms with Crippen molar-refractivity contribution < 1.29 is 21.1 Å². The zero-order valence-corrected chi connectivity index (χ0v) is 11.9. The van der Waals surface area contributed by atoms with Crippen molar-refractivity contribution in [3.05, 3.63) is 34.4 Å². The quantitative estimate of drug-likeness (QED) is 0.537. The summed E-state index contributed by atoms with van der Waals surface area (Å²) in [6.45, 7) is 3.38. The molecule has 0 unspecified atom stereocenters. The van der Waals surface area contributed by atoms with Crippen molar-refractivity contribution >= 4 is 0 Å². The van der Waals surface area contributed by atoms with Gasteiger partial charge in [0.05, 0.1) is 0 Å². The molecule has 1 aliphatic rings. The minimum absolute atomic E-state index is 0. The smallest absolute Gasteiger partial charge is 0.358 e. The molecule has 1 aliphatic carbocycles. The Bertz CT molecular complexity index is 105. The van der Waals surface area contributed by atoms with E-state index in [0.29, 0.717) is 0 Å². The van der Waals surface area contributed by atoms with E-state index >= 15 is 0 Å². The standard InChI is InChI=1S/C8H15N.3CH3.Pt/c1-3-9(2)8-6-4-5-7-8;;;;/h4-5,8H,3,6-7H2,1-2H3;3*1H3;/q;3*-1;+4. The second-order valence-corrected chi connectivity index (χ2v) is 2.67. The van der Waals surface area contributed by atoms with Crippen LogP contribution in [0.1, 0.15) is 19.8 Å². The van der Waals surface area contributed by atoms with Crippen molar-refractivity contribution in [2.24, 2.45) is 0 Å². The molecule has 0 aliphatic heterocycles. The molecule has 0 aromatic rings. The monoisotopic (exact) mass is 365 g/mol. The topological polar surface area (TPSA) is 3.24 Å². The van der Waals surface area contributed by atoms with Crippen LogP contribution in [-0.4, -0.2) is 24.5 Å². The van der Waals surface area contributed by atoms with E-state index in [2.05, 4.69) is 31.0 Å². The van der Waals surface area contributed by atoms with Gasteiger partial charge in [0, 0.05) is 6.04 Å². The normalized spacial score (nSPS) is 13.8. The third-order valence-corrected chi connectivity index (χ3v) is 2.11. The molecule has 0 atom stereocenters. The zero-order valence-electron chi connectivity index (χ0n) is 9.62. The van der Waals surface area contributed by atoms with Gasteiger partial charge in [-0.2, -0.15) is 0 Å². The molecule has 0 spiro atoms. The van der Waals surface area contributed by atoms with Crippen LogP contribution < -0.4 is 0 Å². The summed E-state index contributed by atoms with van der Waals surface area (Å²) in [4.78, 5) is 2.40. The van der Waals surface area contributed by atoms with Crippen LogP contribution >= 0.6 is 0 Å². The first-order valence-electron chi connectivity index (χ1n) is 3.70. The summed E-state index contributed by atoms with van der Waals surface area (Å²) in [7, 11) is 2.19. The van der Waals surface area contributed by atoms with Gasteiger partial charge in [0.2, 0.25) is 0 Å². The molecule has 0 radical (unpaired) electrons. The summed E-state index contributed by atoms with van der Waals surface area (Å²) < 4.78 is 0. The molecule has 82 valence electrons. The summed E-state index contributed by atoms with van der Waals surface area (Å²) in [5, 5.41) is 0. The Balaban J connectivity index is -0.000000101. The first kappa shape index (κ1) is 23.3. The molecule has 0 bridgehead atoms. The second-order valence-electron chi connectivity index (χ2n) is 2.67. The van der Waals surface area contributed by atoms with E-state index < -0.39 is 0 Å². The molecule has 1 nitrogen and oxygen atoms in total. The molecule has 1 rings (SSSR count). The van der Waals surface area contributed by atoms with Gasteiger partial charge in [0.1, 0.15) is 0 Å². The average Bonchev–Trinajstić information content (AvgIpc) is 2.37. The van der Waals surface area contributed by atoms with Crippen LogP contribution in [0.4, 0.5) is 0 Å². The molecule has 0 aromatic heterocycles. The molecule has 0 aromatic carbocycles. The van der Waals surface area contributed by atoms with E-state index in [4.69, 9.17) is 0 Å². The van der Waals surface area contributed by atoms with Crippen LogP contribution in [0.3, 0.4) is 0 Å². The van der Waals surface area contributed by atoms with Crippen molar-refractivity contribution in [2.45, 2.75) is 25.8 Å². The molecule has 0 N–H and O–H groups in total. The fourth-order valence-electron chi connectivity index (χ4n) is 1.22. The fraction of sp³-hybridized carbons (Fsp3) is 0.545. The Morgan fingerprint density at radius 1 is 1.15 bits per heavy atom. The van der Waals surface area contributed by atoms with Gasteiger partial charge in [-0.05, 0) is 26.4 Å². The Morgan fingerprint density at radius 3 is 1.85 bits per heavy atom. The Labute approximate surface area is 99.9 Å². The summed E-state index contributed by atoms with van der Waals surface area (Å²) in [5.74, 6) is 0. The predicted octanol–water partition coefficient (Wildman–Crippen LogP) is 3.01. The Kier molecular flexibility index (Phi) is 22.2. The van der Waals surface area contributed by atoms with Crippen molar-refractivity contribution in [2.75, 3.05) is 13.6 Å². The fourth-order valence-corrected chi connectivity index (χ4v) is 1.22. The predicted molar refractivity (Wildman–Crippen MR) is 59.7 cm³/mol. The first-order chi connectivity index (χ1) is 4.34. The van der Waals surface area contributed by atoms with Crippen molar-refractivity contribution in [1.82, 2.24) is 4.90 Å². The maximum absolute atomic E-state index is 2.40. The van der Waals surface area contributed by atoms with E-state index in [-0.39, 0.29) is 43.3 Å². The van der Waals surface area contributed by atoms with Crippen LogP contribution in [0.25, 0.3) is 0 Å². The third-order valence-electron chi connectivity index (χ3n) is 2.11. The van der Waals surface area contributed by atoms with E-state index in [1.165, 1.54) is 19.4 Å². The van der Waals surface area contributed by atoms with Crippen LogP contribution in [0.2, 0.25) is 0 Å². The third kappa shape index (κ3) is 7.46. The number of hydrogen-bond acceptors (Lipinski definition) is 1. The molecule has 2 heteroatoms. The maximum Gasteiger partial charge on any atom is 4.00 e.